The lowest BCUT2D eigenvalue weighted by Crippen LogP contribution is -2.43. The van der Waals surface area contributed by atoms with Gasteiger partial charge in [-0.3, -0.25) is 9.59 Å². The summed E-state index contributed by atoms with van der Waals surface area (Å²) in [6.07, 6.45) is 2.06. The minimum absolute atomic E-state index is 0. The molecule has 0 atom stereocenters. The van der Waals surface area contributed by atoms with Crippen molar-refractivity contribution in [1.29, 1.82) is 0 Å². The summed E-state index contributed by atoms with van der Waals surface area (Å²) in [6.45, 7) is 3.78. The van der Waals surface area contributed by atoms with Gasteiger partial charge in [0.05, 0.1) is 16.8 Å². The molecule has 0 aliphatic carbocycles. The number of piperazine rings is 1. The maximum absolute atomic E-state index is 12.0. The molecule has 1 saturated heterocycles. The second-order valence-electron chi connectivity index (χ2n) is 5.59. The summed E-state index contributed by atoms with van der Waals surface area (Å²) in [4.78, 5) is 31.2. The lowest BCUT2D eigenvalue weighted by atomic mass is 10.2. The van der Waals surface area contributed by atoms with Crippen LogP contribution in [0.1, 0.15) is 22.5 Å². The van der Waals surface area contributed by atoms with Crippen molar-refractivity contribution in [3.63, 3.8) is 0 Å². The summed E-state index contributed by atoms with van der Waals surface area (Å²) in [7, 11) is 0. The van der Waals surface area contributed by atoms with Crippen LogP contribution in [-0.2, 0) is 4.79 Å². The Balaban J connectivity index is 0.00000169. The molecule has 6 nitrogen and oxygen atoms in total. The lowest BCUT2D eigenvalue weighted by molar-refractivity contribution is -0.116. The number of carbonyl (C=O) groups excluding carboxylic acids is 2. The Labute approximate surface area is 169 Å². The monoisotopic (exact) mass is 416 g/mol. The van der Waals surface area contributed by atoms with Crippen LogP contribution in [0.5, 0.6) is 0 Å². The third-order valence-corrected chi connectivity index (χ3v) is 4.76. The van der Waals surface area contributed by atoms with E-state index in [-0.39, 0.29) is 49.3 Å². The van der Waals surface area contributed by atoms with Gasteiger partial charge in [-0.2, -0.15) is 0 Å². The van der Waals surface area contributed by atoms with E-state index in [1.807, 2.05) is 23.6 Å². The minimum Gasteiger partial charge on any atom is -0.354 e. The van der Waals surface area contributed by atoms with Gasteiger partial charge in [0.15, 0.2) is 5.78 Å². The van der Waals surface area contributed by atoms with Crippen LogP contribution >= 0.6 is 36.2 Å². The molecular formula is C17H22Cl2N4O2S. The first-order chi connectivity index (χ1) is 11.7. The maximum Gasteiger partial charge on any atom is 0.224 e. The summed E-state index contributed by atoms with van der Waals surface area (Å²) in [5, 5.41) is 7.95. The van der Waals surface area contributed by atoms with E-state index in [9.17, 15) is 9.59 Å². The number of halogens is 2. The molecule has 1 fully saturated rings. The predicted molar refractivity (Wildman–Crippen MR) is 110 cm³/mol. The van der Waals surface area contributed by atoms with Gasteiger partial charge in [-0.1, -0.05) is 6.07 Å². The highest BCUT2D eigenvalue weighted by atomic mass is 35.5. The summed E-state index contributed by atoms with van der Waals surface area (Å²) in [5.41, 5.74) is 0.655. The van der Waals surface area contributed by atoms with E-state index >= 15 is 0 Å². The molecule has 1 aliphatic heterocycles. The number of carbonyl (C=O) groups is 2. The highest BCUT2D eigenvalue weighted by molar-refractivity contribution is 7.12. The number of pyridine rings is 1. The Morgan fingerprint density at radius 1 is 1.15 bits per heavy atom. The Kier molecular flexibility index (Phi) is 9.58. The van der Waals surface area contributed by atoms with Crippen LogP contribution in [0.2, 0.25) is 0 Å². The van der Waals surface area contributed by atoms with E-state index in [2.05, 4.69) is 20.5 Å². The minimum atomic E-state index is -0.170. The SMILES string of the molecule is Cl.Cl.O=C(CCC(=O)c1cccs1)Nc1ccc(N2CCNCC2)nc1. The third kappa shape index (κ3) is 6.25. The molecule has 26 heavy (non-hydrogen) atoms. The van der Waals surface area contributed by atoms with E-state index in [4.69, 9.17) is 0 Å². The second kappa shape index (κ2) is 11.1. The second-order valence-corrected chi connectivity index (χ2v) is 6.54. The topological polar surface area (TPSA) is 74.3 Å². The fourth-order valence-corrected chi connectivity index (χ4v) is 3.25. The molecule has 2 aromatic rings. The van der Waals surface area contributed by atoms with Gasteiger partial charge < -0.3 is 15.5 Å². The Bertz CT molecular complexity index is 689. The van der Waals surface area contributed by atoms with Gasteiger partial charge in [-0.25, -0.2) is 4.98 Å². The quantitative estimate of drug-likeness (QED) is 0.707. The van der Waals surface area contributed by atoms with Crippen LogP contribution in [0.25, 0.3) is 0 Å². The molecule has 142 valence electrons. The van der Waals surface area contributed by atoms with Gasteiger partial charge in [0.25, 0.3) is 0 Å². The number of hydrogen-bond acceptors (Lipinski definition) is 6. The average Bonchev–Trinajstić information content (AvgIpc) is 3.16. The number of ketones is 1. The number of nitrogens with one attached hydrogen (secondary N) is 2. The predicted octanol–water partition coefficient (Wildman–Crippen LogP) is 3.00. The number of rotatable bonds is 6. The zero-order valence-corrected chi connectivity index (χ0v) is 16.6. The van der Waals surface area contributed by atoms with Crippen LogP contribution < -0.4 is 15.5 Å². The molecule has 0 bridgehead atoms. The molecule has 1 aliphatic rings. The molecular weight excluding hydrogens is 395 g/mol. The van der Waals surface area contributed by atoms with Gasteiger partial charge in [-0.15, -0.1) is 36.2 Å². The molecule has 2 N–H and O–H groups in total. The molecule has 0 aromatic carbocycles. The van der Waals surface area contributed by atoms with Crippen molar-refractivity contribution in [2.45, 2.75) is 12.8 Å². The van der Waals surface area contributed by atoms with Crippen molar-refractivity contribution >= 4 is 59.3 Å². The van der Waals surface area contributed by atoms with E-state index in [0.717, 1.165) is 32.0 Å². The van der Waals surface area contributed by atoms with Gasteiger partial charge >= 0.3 is 0 Å². The third-order valence-electron chi connectivity index (χ3n) is 3.85. The fourth-order valence-electron chi connectivity index (χ4n) is 2.55. The van der Waals surface area contributed by atoms with Crippen LogP contribution in [-0.4, -0.2) is 42.9 Å². The number of anilines is 2. The van der Waals surface area contributed by atoms with Gasteiger partial charge in [-0.05, 0) is 23.6 Å². The summed E-state index contributed by atoms with van der Waals surface area (Å²) in [5.74, 6) is 0.756. The van der Waals surface area contributed by atoms with E-state index in [1.54, 1.807) is 12.3 Å². The molecule has 1 amide bonds. The summed E-state index contributed by atoms with van der Waals surface area (Å²) in [6, 6.07) is 7.38. The van der Waals surface area contributed by atoms with Gasteiger partial charge in [0.1, 0.15) is 5.82 Å². The molecule has 3 rings (SSSR count). The van der Waals surface area contributed by atoms with E-state index in [1.165, 1.54) is 11.3 Å². The van der Waals surface area contributed by atoms with Gasteiger partial charge in [0, 0.05) is 39.0 Å². The number of thiophene rings is 1. The first-order valence-electron chi connectivity index (χ1n) is 8.00. The van der Waals surface area contributed by atoms with Crippen molar-refractivity contribution in [3.05, 3.63) is 40.7 Å². The number of Topliss-reactive ketones (excluding diaryl/α,β-unsaturated/α-hetero) is 1. The largest absolute Gasteiger partial charge is 0.354 e. The van der Waals surface area contributed by atoms with Gasteiger partial charge in [0.2, 0.25) is 5.91 Å². The van der Waals surface area contributed by atoms with Crippen molar-refractivity contribution in [2.24, 2.45) is 0 Å². The Morgan fingerprint density at radius 3 is 2.54 bits per heavy atom. The fraction of sp³-hybridized carbons (Fsp3) is 0.353. The number of hydrogen-bond donors (Lipinski definition) is 2. The molecule has 2 aromatic heterocycles. The molecule has 0 unspecified atom stereocenters. The zero-order valence-electron chi connectivity index (χ0n) is 14.1. The standard InChI is InChI=1S/C17H20N4O2S.2ClH/c22-14(15-2-1-11-24-15)4-6-17(23)20-13-3-5-16(19-12-13)21-9-7-18-8-10-21;;/h1-3,5,11-12,18H,4,6-10H2,(H,20,23);2*1H. The van der Waals surface area contributed by atoms with E-state index < -0.39 is 0 Å². The Hall–Kier alpha value is -1.67. The van der Waals surface area contributed by atoms with E-state index in [0.29, 0.717) is 10.6 Å². The van der Waals surface area contributed by atoms with Crippen LogP contribution in [0.15, 0.2) is 35.8 Å². The molecule has 9 heteroatoms. The number of nitrogens with zero attached hydrogens (tertiary/aromatic N) is 2. The van der Waals surface area contributed by atoms with Crippen molar-refractivity contribution in [1.82, 2.24) is 10.3 Å². The average molecular weight is 417 g/mol. The maximum atomic E-state index is 12.0. The molecule has 0 radical (unpaired) electrons. The normalized spacial score (nSPS) is 13.3. The molecule has 0 spiro atoms. The number of amides is 1. The number of aromatic nitrogens is 1. The molecule has 3 heterocycles. The van der Waals surface area contributed by atoms with Crippen LogP contribution in [0, 0.1) is 0 Å². The van der Waals surface area contributed by atoms with Crippen molar-refractivity contribution < 1.29 is 9.59 Å². The first kappa shape index (κ1) is 22.4. The first-order valence-corrected chi connectivity index (χ1v) is 8.88. The highest BCUT2D eigenvalue weighted by Crippen LogP contribution is 2.16. The van der Waals surface area contributed by atoms with Crippen molar-refractivity contribution in [3.8, 4) is 0 Å². The van der Waals surface area contributed by atoms with Crippen LogP contribution in [0.4, 0.5) is 11.5 Å². The molecule has 0 saturated carbocycles. The zero-order chi connectivity index (χ0) is 16.8. The smallest absolute Gasteiger partial charge is 0.224 e. The lowest BCUT2D eigenvalue weighted by Gasteiger charge is -2.28. The highest BCUT2D eigenvalue weighted by Gasteiger charge is 2.13. The van der Waals surface area contributed by atoms with Crippen molar-refractivity contribution in [2.75, 3.05) is 36.4 Å². The summed E-state index contributed by atoms with van der Waals surface area (Å²) < 4.78 is 0. The Morgan fingerprint density at radius 2 is 1.92 bits per heavy atom. The van der Waals surface area contributed by atoms with Crippen LogP contribution in [0.3, 0.4) is 0 Å². The summed E-state index contributed by atoms with van der Waals surface area (Å²) >= 11 is 1.40.